The Morgan fingerprint density at radius 3 is 1.64 bits per heavy atom. The maximum absolute atomic E-state index is 10.7. The first-order chi connectivity index (χ1) is 5.20. The van der Waals surface area contributed by atoms with Crippen molar-refractivity contribution >= 4 is 41.6 Å². The Hall–Kier alpha value is 0.390. The number of carbonyl (C=O) groups is 2. The molecule has 0 bridgehead atoms. The summed E-state index contributed by atoms with van der Waals surface area (Å²) in [7, 11) is 3.53. The smallest absolute Gasteiger partial charge is 0.199 e. The Morgan fingerprint density at radius 2 is 1.36 bits per heavy atom. The van der Waals surface area contributed by atoms with Gasteiger partial charge in [0.1, 0.15) is 0 Å². The molecule has 0 saturated carbocycles. The van der Waals surface area contributed by atoms with Crippen LogP contribution < -0.4 is 0 Å². The van der Waals surface area contributed by atoms with Crippen molar-refractivity contribution in [3.05, 3.63) is 0 Å². The van der Waals surface area contributed by atoms with Crippen LogP contribution in [0.2, 0.25) is 0 Å². The second-order valence-corrected chi connectivity index (χ2v) is 5.70. The van der Waals surface area contributed by atoms with Crippen LogP contribution in [0.5, 0.6) is 0 Å². The molecule has 0 aromatic rings. The van der Waals surface area contributed by atoms with Crippen LogP contribution in [0.4, 0.5) is 0 Å². The molecule has 0 rings (SSSR count). The Labute approximate surface area is 78.1 Å². The second-order valence-electron chi connectivity index (χ2n) is 1.69. The van der Waals surface area contributed by atoms with Crippen LogP contribution in [0.25, 0.3) is 0 Å². The summed E-state index contributed by atoms with van der Waals surface area (Å²) in [5.41, 5.74) is 0. The van der Waals surface area contributed by atoms with E-state index >= 15 is 0 Å². The van der Waals surface area contributed by atoms with Gasteiger partial charge in [-0.25, -0.2) is 0 Å². The van der Waals surface area contributed by atoms with Gasteiger partial charge in [0.05, 0.1) is 0 Å². The molecular formula is C6H10O2S3. The Kier molecular flexibility index (Phi) is 7.31. The number of hydrogen-bond donors (Lipinski definition) is 0. The number of carbonyl (C=O) groups excluding carboxylic acids is 2. The zero-order valence-electron chi connectivity index (χ0n) is 6.46. The highest BCUT2D eigenvalue weighted by Gasteiger charge is 2.03. The zero-order chi connectivity index (χ0) is 8.69. The summed E-state index contributed by atoms with van der Waals surface area (Å²) in [6.45, 7) is 3.62. The van der Waals surface area contributed by atoms with E-state index in [-0.39, 0.29) is 10.2 Å². The van der Waals surface area contributed by atoms with E-state index in [2.05, 4.69) is 0 Å². The Balaban J connectivity index is 3.27. The minimum atomic E-state index is 0.117. The van der Waals surface area contributed by atoms with Crippen molar-refractivity contribution in [2.75, 3.05) is 0 Å². The fraction of sp³-hybridized carbons (Fsp3) is 0.667. The molecule has 0 N–H and O–H groups in total. The molecule has 0 heterocycles. The normalized spacial score (nSPS) is 9.64. The van der Waals surface area contributed by atoms with E-state index in [1.165, 1.54) is 9.83 Å². The molecule has 0 spiro atoms. The molecule has 0 aromatic heterocycles. The van der Waals surface area contributed by atoms with Crippen LogP contribution in [0.1, 0.15) is 26.7 Å². The molecule has 2 nitrogen and oxygen atoms in total. The maximum Gasteiger partial charge on any atom is 0.199 e. The standard InChI is InChI=1S/C6H10O2S3/c1-3-5(7)9-11-10-6(8)4-2/h3-4H2,1-2H3. The molecule has 0 atom stereocenters. The Morgan fingerprint density at radius 1 is 1.00 bits per heavy atom. The topological polar surface area (TPSA) is 34.1 Å². The molecule has 5 heteroatoms. The summed E-state index contributed by atoms with van der Waals surface area (Å²) in [6, 6.07) is 0. The lowest BCUT2D eigenvalue weighted by Gasteiger charge is -1.93. The van der Waals surface area contributed by atoms with Gasteiger partial charge in [0.25, 0.3) is 0 Å². The van der Waals surface area contributed by atoms with E-state index in [0.717, 1.165) is 21.6 Å². The first-order valence-electron chi connectivity index (χ1n) is 3.27. The van der Waals surface area contributed by atoms with E-state index in [9.17, 15) is 9.59 Å². The summed E-state index contributed by atoms with van der Waals surface area (Å²) in [6.07, 6.45) is 1.05. The fourth-order valence-electron chi connectivity index (χ4n) is 0.211. The van der Waals surface area contributed by atoms with Gasteiger partial charge in [-0.3, -0.25) is 9.59 Å². The van der Waals surface area contributed by atoms with E-state index < -0.39 is 0 Å². The largest absolute Gasteiger partial charge is 0.286 e. The van der Waals surface area contributed by atoms with Gasteiger partial charge in [-0.05, 0) is 31.4 Å². The lowest BCUT2D eigenvalue weighted by Crippen LogP contribution is -1.84. The van der Waals surface area contributed by atoms with Gasteiger partial charge < -0.3 is 0 Å². The van der Waals surface area contributed by atoms with Gasteiger partial charge in [-0.15, -0.1) is 0 Å². The van der Waals surface area contributed by atoms with Crippen molar-refractivity contribution in [2.24, 2.45) is 0 Å². The molecule has 0 aliphatic heterocycles. The van der Waals surface area contributed by atoms with E-state index in [4.69, 9.17) is 0 Å². The van der Waals surface area contributed by atoms with Gasteiger partial charge in [-0.2, -0.15) is 0 Å². The summed E-state index contributed by atoms with van der Waals surface area (Å²) in [4.78, 5) is 21.4. The molecule has 0 fully saturated rings. The lowest BCUT2D eigenvalue weighted by atomic mass is 10.6. The third-order valence-corrected chi connectivity index (χ3v) is 4.66. The van der Waals surface area contributed by atoms with E-state index in [1.54, 1.807) is 0 Å². The summed E-state index contributed by atoms with van der Waals surface area (Å²) in [5.74, 6) is 0. The monoisotopic (exact) mass is 210 g/mol. The maximum atomic E-state index is 10.7. The predicted octanol–water partition coefficient (Wildman–Crippen LogP) is 2.89. The van der Waals surface area contributed by atoms with Crippen molar-refractivity contribution in [2.45, 2.75) is 26.7 Å². The van der Waals surface area contributed by atoms with Crippen molar-refractivity contribution in [1.82, 2.24) is 0 Å². The molecule has 64 valence electrons. The van der Waals surface area contributed by atoms with Crippen LogP contribution in [-0.2, 0) is 9.59 Å². The average Bonchev–Trinajstić information content (AvgIpc) is 2.04. The van der Waals surface area contributed by atoms with E-state index in [0.29, 0.717) is 12.8 Å². The van der Waals surface area contributed by atoms with Crippen LogP contribution in [0.15, 0.2) is 0 Å². The Bertz CT molecular complexity index is 131. The molecule has 0 aliphatic rings. The van der Waals surface area contributed by atoms with Crippen molar-refractivity contribution < 1.29 is 9.59 Å². The molecule has 0 unspecified atom stereocenters. The number of rotatable bonds is 4. The predicted molar refractivity (Wildman–Crippen MR) is 53.4 cm³/mol. The molecule has 0 aliphatic carbocycles. The minimum Gasteiger partial charge on any atom is -0.286 e. The van der Waals surface area contributed by atoms with Crippen molar-refractivity contribution in [1.29, 1.82) is 0 Å². The molecule has 0 amide bonds. The second kappa shape index (κ2) is 7.06. The molecule has 0 aromatic carbocycles. The number of hydrogen-bond acceptors (Lipinski definition) is 5. The summed E-state index contributed by atoms with van der Waals surface area (Å²) >= 11 is 0. The van der Waals surface area contributed by atoms with Crippen LogP contribution in [0, 0.1) is 0 Å². The van der Waals surface area contributed by atoms with Gasteiger partial charge >= 0.3 is 0 Å². The average molecular weight is 210 g/mol. The van der Waals surface area contributed by atoms with Gasteiger partial charge in [0.15, 0.2) is 10.2 Å². The molecular weight excluding hydrogens is 200 g/mol. The molecule has 0 radical (unpaired) electrons. The van der Waals surface area contributed by atoms with Crippen molar-refractivity contribution in [3.8, 4) is 0 Å². The van der Waals surface area contributed by atoms with Gasteiger partial charge in [0.2, 0.25) is 0 Å². The lowest BCUT2D eigenvalue weighted by molar-refractivity contribution is -0.111. The third kappa shape index (κ3) is 6.77. The minimum absolute atomic E-state index is 0.117. The SMILES string of the molecule is CCC(=O)SSSC(=O)CC. The highest BCUT2D eigenvalue weighted by atomic mass is 33.5. The first-order valence-corrected chi connectivity index (χ1v) is 6.75. The fourth-order valence-corrected chi connectivity index (χ4v) is 3.57. The van der Waals surface area contributed by atoms with Crippen LogP contribution in [-0.4, -0.2) is 10.2 Å². The van der Waals surface area contributed by atoms with Gasteiger partial charge in [-0.1, -0.05) is 13.8 Å². The van der Waals surface area contributed by atoms with Crippen LogP contribution in [0.3, 0.4) is 0 Å². The summed E-state index contributed by atoms with van der Waals surface area (Å²) in [5, 5.41) is 0.234. The van der Waals surface area contributed by atoms with Crippen LogP contribution >= 0.6 is 31.4 Å². The first kappa shape index (κ1) is 11.4. The quantitative estimate of drug-likeness (QED) is 0.666. The third-order valence-electron chi connectivity index (χ3n) is 0.831. The molecule has 11 heavy (non-hydrogen) atoms. The highest BCUT2D eigenvalue weighted by Crippen LogP contribution is 2.36. The highest BCUT2D eigenvalue weighted by molar-refractivity contribution is 9.14. The summed E-state index contributed by atoms with van der Waals surface area (Å²) < 4.78 is 0. The molecule has 0 saturated heterocycles. The zero-order valence-corrected chi connectivity index (χ0v) is 8.90. The van der Waals surface area contributed by atoms with E-state index in [1.807, 2.05) is 13.8 Å². The van der Waals surface area contributed by atoms with Gasteiger partial charge in [0, 0.05) is 12.8 Å². The van der Waals surface area contributed by atoms with Crippen molar-refractivity contribution in [3.63, 3.8) is 0 Å².